The molecule has 1 aromatic heterocycles. The van der Waals surface area contributed by atoms with E-state index in [1.165, 1.54) is 17.3 Å². The standard InChI is InChI=1S/C20H30FN5/c1-14-18(15(2)26(6)25-14)10-11-23-19(22-5)24-13-20(3,4)16-8-7-9-17(21)12-16/h7-9,12H,10-11,13H2,1-6H3,(H2,22,23,24). The predicted octanol–water partition coefficient (Wildman–Crippen LogP) is 2.86. The maximum Gasteiger partial charge on any atom is 0.191 e. The number of halogens is 1. The van der Waals surface area contributed by atoms with Crippen LogP contribution in [-0.4, -0.2) is 35.9 Å². The Bertz CT molecular complexity index is 777. The molecule has 26 heavy (non-hydrogen) atoms. The Balaban J connectivity index is 1.89. The van der Waals surface area contributed by atoms with E-state index in [0.29, 0.717) is 6.54 Å². The number of aryl methyl sites for hydroxylation is 2. The first-order valence-electron chi connectivity index (χ1n) is 8.94. The van der Waals surface area contributed by atoms with Gasteiger partial charge in [-0.2, -0.15) is 5.10 Å². The van der Waals surface area contributed by atoms with E-state index in [1.807, 2.05) is 24.7 Å². The van der Waals surface area contributed by atoms with E-state index in [2.05, 4.69) is 41.5 Å². The molecule has 0 aliphatic heterocycles. The molecule has 0 atom stereocenters. The lowest BCUT2D eigenvalue weighted by molar-refractivity contribution is 0.503. The predicted molar refractivity (Wildman–Crippen MR) is 105 cm³/mol. The number of aromatic nitrogens is 2. The van der Waals surface area contributed by atoms with Crippen molar-refractivity contribution < 1.29 is 4.39 Å². The molecule has 0 aliphatic rings. The summed E-state index contributed by atoms with van der Waals surface area (Å²) in [6.45, 7) is 9.73. The van der Waals surface area contributed by atoms with Crippen molar-refractivity contribution in [1.29, 1.82) is 0 Å². The zero-order valence-corrected chi connectivity index (χ0v) is 16.7. The molecule has 2 rings (SSSR count). The number of nitrogens with one attached hydrogen (secondary N) is 2. The second kappa shape index (κ2) is 8.34. The Kier molecular flexibility index (Phi) is 6.40. The van der Waals surface area contributed by atoms with Gasteiger partial charge < -0.3 is 10.6 Å². The normalized spacial score (nSPS) is 12.3. The number of rotatable bonds is 6. The summed E-state index contributed by atoms with van der Waals surface area (Å²) in [6.07, 6.45) is 0.888. The van der Waals surface area contributed by atoms with E-state index >= 15 is 0 Å². The third-order valence-corrected chi connectivity index (χ3v) is 4.85. The van der Waals surface area contributed by atoms with Gasteiger partial charge in [-0.1, -0.05) is 26.0 Å². The fourth-order valence-corrected chi connectivity index (χ4v) is 3.02. The fraction of sp³-hybridized carbons (Fsp3) is 0.500. The summed E-state index contributed by atoms with van der Waals surface area (Å²) in [7, 11) is 3.72. The van der Waals surface area contributed by atoms with Gasteiger partial charge in [0.25, 0.3) is 0 Å². The Hall–Kier alpha value is -2.37. The molecular weight excluding hydrogens is 329 g/mol. The van der Waals surface area contributed by atoms with Crippen molar-refractivity contribution in [2.24, 2.45) is 12.0 Å². The van der Waals surface area contributed by atoms with Gasteiger partial charge in [0, 0.05) is 38.3 Å². The molecule has 0 saturated carbocycles. The van der Waals surface area contributed by atoms with E-state index in [4.69, 9.17) is 0 Å². The van der Waals surface area contributed by atoms with Crippen molar-refractivity contribution in [2.75, 3.05) is 20.1 Å². The molecule has 5 nitrogen and oxygen atoms in total. The lowest BCUT2D eigenvalue weighted by atomic mass is 9.84. The molecule has 0 unspecified atom stereocenters. The molecule has 0 aliphatic carbocycles. The summed E-state index contributed by atoms with van der Waals surface area (Å²) in [4.78, 5) is 4.28. The monoisotopic (exact) mass is 359 g/mol. The first kappa shape index (κ1) is 19.9. The van der Waals surface area contributed by atoms with Crippen molar-refractivity contribution in [2.45, 2.75) is 39.5 Å². The lowest BCUT2D eigenvalue weighted by Crippen LogP contribution is -2.44. The zero-order chi connectivity index (χ0) is 19.3. The van der Waals surface area contributed by atoms with Crippen molar-refractivity contribution in [3.8, 4) is 0 Å². The van der Waals surface area contributed by atoms with Crippen LogP contribution in [0.4, 0.5) is 4.39 Å². The molecule has 0 amide bonds. The average molecular weight is 359 g/mol. The molecule has 0 radical (unpaired) electrons. The minimum Gasteiger partial charge on any atom is -0.356 e. The van der Waals surface area contributed by atoms with Gasteiger partial charge in [-0.05, 0) is 43.5 Å². The second-order valence-electron chi connectivity index (χ2n) is 7.27. The molecule has 1 aromatic carbocycles. The number of aliphatic imine (C=N–C) groups is 1. The summed E-state index contributed by atoms with van der Waals surface area (Å²) in [5, 5.41) is 11.1. The van der Waals surface area contributed by atoms with Gasteiger partial charge in [-0.25, -0.2) is 4.39 Å². The van der Waals surface area contributed by atoms with E-state index < -0.39 is 0 Å². The summed E-state index contributed by atoms with van der Waals surface area (Å²) in [5.41, 5.74) is 4.29. The SMILES string of the molecule is CN=C(NCCc1c(C)nn(C)c1C)NCC(C)(C)c1cccc(F)c1. The molecule has 0 bridgehead atoms. The zero-order valence-electron chi connectivity index (χ0n) is 16.7. The van der Waals surface area contributed by atoms with Crippen LogP contribution in [0.25, 0.3) is 0 Å². The van der Waals surface area contributed by atoms with Crippen LogP contribution in [0.1, 0.15) is 36.4 Å². The van der Waals surface area contributed by atoms with Crippen molar-refractivity contribution >= 4 is 5.96 Å². The molecular formula is C20H30FN5. The molecule has 2 aromatic rings. The highest BCUT2D eigenvalue weighted by atomic mass is 19.1. The Morgan fingerprint density at radius 1 is 1.27 bits per heavy atom. The summed E-state index contributed by atoms with van der Waals surface area (Å²) in [5.74, 6) is 0.536. The molecule has 0 fully saturated rings. The van der Waals surface area contributed by atoms with Crippen LogP contribution in [0.5, 0.6) is 0 Å². The number of hydrogen-bond donors (Lipinski definition) is 2. The first-order chi connectivity index (χ1) is 12.2. The maximum atomic E-state index is 13.5. The average Bonchev–Trinajstić information content (AvgIpc) is 2.83. The Morgan fingerprint density at radius 3 is 2.58 bits per heavy atom. The number of hydrogen-bond acceptors (Lipinski definition) is 2. The van der Waals surface area contributed by atoms with Gasteiger partial charge in [0.05, 0.1) is 5.69 Å². The van der Waals surface area contributed by atoms with E-state index in [0.717, 1.165) is 30.2 Å². The van der Waals surface area contributed by atoms with Gasteiger partial charge in [0.15, 0.2) is 5.96 Å². The van der Waals surface area contributed by atoms with E-state index in [9.17, 15) is 4.39 Å². The van der Waals surface area contributed by atoms with Gasteiger partial charge in [-0.3, -0.25) is 9.67 Å². The Morgan fingerprint density at radius 2 is 2.00 bits per heavy atom. The van der Waals surface area contributed by atoms with Crippen LogP contribution in [0.2, 0.25) is 0 Å². The number of guanidine groups is 1. The van der Waals surface area contributed by atoms with Crippen LogP contribution in [0.3, 0.4) is 0 Å². The van der Waals surface area contributed by atoms with Crippen molar-refractivity contribution in [1.82, 2.24) is 20.4 Å². The smallest absolute Gasteiger partial charge is 0.191 e. The van der Waals surface area contributed by atoms with Gasteiger partial charge >= 0.3 is 0 Å². The highest BCUT2D eigenvalue weighted by molar-refractivity contribution is 5.79. The maximum absolute atomic E-state index is 13.5. The van der Waals surface area contributed by atoms with Gasteiger partial charge in [0.2, 0.25) is 0 Å². The highest BCUT2D eigenvalue weighted by Gasteiger charge is 2.21. The van der Waals surface area contributed by atoms with Crippen molar-refractivity contribution in [3.05, 3.63) is 52.6 Å². The van der Waals surface area contributed by atoms with Crippen molar-refractivity contribution in [3.63, 3.8) is 0 Å². The molecule has 0 spiro atoms. The highest BCUT2D eigenvalue weighted by Crippen LogP contribution is 2.22. The van der Waals surface area contributed by atoms with Crippen LogP contribution in [0, 0.1) is 19.7 Å². The molecule has 1 heterocycles. The Labute approximate surface area is 155 Å². The first-order valence-corrected chi connectivity index (χ1v) is 8.94. The topological polar surface area (TPSA) is 54.2 Å². The molecule has 0 saturated heterocycles. The summed E-state index contributed by atoms with van der Waals surface area (Å²) >= 11 is 0. The summed E-state index contributed by atoms with van der Waals surface area (Å²) in [6, 6.07) is 6.76. The van der Waals surface area contributed by atoms with Crippen LogP contribution >= 0.6 is 0 Å². The van der Waals surface area contributed by atoms with Gasteiger partial charge in [0.1, 0.15) is 5.82 Å². The minimum atomic E-state index is -0.212. The minimum absolute atomic E-state index is 0.208. The largest absolute Gasteiger partial charge is 0.356 e. The molecule has 142 valence electrons. The van der Waals surface area contributed by atoms with Crippen LogP contribution in [0.15, 0.2) is 29.3 Å². The van der Waals surface area contributed by atoms with E-state index in [1.54, 1.807) is 19.2 Å². The number of benzene rings is 1. The van der Waals surface area contributed by atoms with Crippen LogP contribution < -0.4 is 10.6 Å². The second-order valence-corrected chi connectivity index (χ2v) is 7.27. The van der Waals surface area contributed by atoms with Crippen LogP contribution in [-0.2, 0) is 18.9 Å². The molecule has 6 heteroatoms. The third kappa shape index (κ3) is 4.84. The lowest BCUT2D eigenvalue weighted by Gasteiger charge is -2.27. The summed E-state index contributed by atoms with van der Waals surface area (Å²) < 4.78 is 15.4. The fourth-order valence-electron chi connectivity index (χ4n) is 3.02. The third-order valence-electron chi connectivity index (χ3n) is 4.85. The molecule has 2 N–H and O–H groups in total. The van der Waals surface area contributed by atoms with E-state index in [-0.39, 0.29) is 11.2 Å². The number of nitrogens with zero attached hydrogens (tertiary/aromatic N) is 3. The quantitative estimate of drug-likeness (QED) is 0.616. The van der Waals surface area contributed by atoms with Gasteiger partial charge in [-0.15, -0.1) is 0 Å².